The molecule has 4 rings (SSSR count). The summed E-state index contributed by atoms with van der Waals surface area (Å²) in [7, 11) is 0. The fourth-order valence-electron chi connectivity index (χ4n) is 3.29. The van der Waals surface area contributed by atoms with Crippen LogP contribution in [0.4, 0.5) is 10.2 Å². The number of rotatable bonds is 3. The topological polar surface area (TPSA) is 62.5 Å². The van der Waals surface area contributed by atoms with Gasteiger partial charge in [0, 0.05) is 37.9 Å². The Hall–Kier alpha value is -3.22. The van der Waals surface area contributed by atoms with Crippen molar-refractivity contribution in [2.24, 2.45) is 0 Å². The van der Waals surface area contributed by atoms with Crippen LogP contribution in [0, 0.1) is 12.7 Å². The van der Waals surface area contributed by atoms with Crippen LogP contribution in [0.5, 0.6) is 0 Å². The van der Waals surface area contributed by atoms with Crippen LogP contribution in [0.3, 0.4) is 0 Å². The number of nitrogens with zero attached hydrogens (tertiary/aromatic N) is 4. The van der Waals surface area contributed by atoms with E-state index < -0.39 is 0 Å². The molecule has 6 nitrogen and oxygen atoms in total. The van der Waals surface area contributed by atoms with E-state index in [1.807, 2.05) is 18.2 Å². The monoisotopic (exact) mass is 366 g/mol. The Balaban J connectivity index is 1.54. The van der Waals surface area contributed by atoms with E-state index in [0.717, 1.165) is 5.82 Å². The van der Waals surface area contributed by atoms with E-state index >= 15 is 0 Å². The molecule has 1 aromatic carbocycles. The number of pyridine rings is 1. The number of hydrogen-bond acceptors (Lipinski definition) is 5. The lowest BCUT2D eigenvalue weighted by Crippen LogP contribution is -2.49. The van der Waals surface area contributed by atoms with E-state index in [0.29, 0.717) is 48.8 Å². The molecular formula is C20H19FN4O2. The van der Waals surface area contributed by atoms with Gasteiger partial charge in [0.25, 0.3) is 5.91 Å². The highest BCUT2D eigenvalue weighted by Crippen LogP contribution is 2.27. The molecule has 0 bridgehead atoms. The predicted molar refractivity (Wildman–Crippen MR) is 99.0 cm³/mol. The number of hydrogen-bond donors (Lipinski definition) is 0. The molecule has 0 radical (unpaired) electrons. The van der Waals surface area contributed by atoms with Crippen LogP contribution in [0.2, 0.25) is 0 Å². The molecule has 0 saturated carbocycles. The Labute approximate surface area is 156 Å². The number of anilines is 1. The molecule has 3 heterocycles. The minimum Gasteiger partial charge on any atom is -0.360 e. The molecule has 2 aromatic heterocycles. The zero-order chi connectivity index (χ0) is 18.8. The molecule has 0 spiro atoms. The van der Waals surface area contributed by atoms with Crippen molar-refractivity contribution in [1.82, 2.24) is 15.0 Å². The van der Waals surface area contributed by atoms with E-state index in [2.05, 4.69) is 15.0 Å². The first-order valence-electron chi connectivity index (χ1n) is 8.81. The molecule has 138 valence electrons. The molecule has 1 fully saturated rings. The first-order valence-corrected chi connectivity index (χ1v) is 8.81. The molecule has 0 N–H and O–H groups in total. The van der Waals surface area contributed by atoms with Crippen LogP contribution in [-0.2, 0) is 0 Å². The van der Waals surface area contributed by atoms with Gasteiger partial charge in [0.2, 0.25) is 0 Å². The lowest BCUT2D eigenvalue weighted by atomic mass is 10.0. The van der Waals surface area contributed by atoms with Gasteiger partial charge in [-0.3, -0.25) is 4.79 Å². The molecule has 0 aliphatic carbocycles. The lowest BCUT2D eigenvalue weighted by molar-refractivity contribution is 0.0745. The summed E-state index contributed by atoms with van der Waals surface area (Å²) in [5, 5.41) is 4.00. The zero-order valence-corrected chi connectivity index (χ0v) is 14.9. The molecule has 7 heteroatoms. The SMILES string of the molecule is Cc1onc(-c2cccc(F)c2)c1C(=O)N1CCN(c2ccccn2)CC1. The lowest BCUT2D eigenvalue weighted by Gasteiger charge is -2.35. The Morgan fingerprint density at radius 1 is 1.11 bits per heavy atom. The van der Waals surface area contributed by atoms with Crippen LogP contribution in [0.15, 0.2) is 53.2 Å². The number of carbonyl (C=O) groups is 1. The van der Waals surface area contributed by atoms with Gasteiger partial charge in [0.15, 0.2) is 0 Å². The predicted octanol–water partition coefficient (Wildman–Crippen LogP) is 3.15. The van der Waals surface area contributed by atoms with Crippen LogP contribution < -0.4 is 4.90 Å². The van der Waals surface area contributed by atoms with Crippen molar-refractivity contribution in [1.29, 1.82) is 0 Å². The van der Waals surface area contributed by atoms with Crippen LogP contribution in [0.1, 0.15) is 16.1 Å². The quantitative estimate of drug-likeness (QED) is 0.713. The average Bonchev–Trinajstić information content (AvgIpc) is 3.10. The van der Waals surface area contributed by atoms with Gasteiger partial charge in [-0.2, -0.15) is 0 Å². The highest BCUT2D eigenvalue weighted by Gasteiger charge is 2.29. The number of piperazine rings is 1. The van der Waals surface area contributed by atoms with Gasteiger partial charge >= 0.3 is 0 Å². The van der Waals surface area contributed by atoms with Gasteiger partial charge in [0.1, 0.15) is 28.7 Å². The number of amides is 1. The van der Waals surface area contributed by atoms with Crippen molar-refractivity contribution < 1.29 is 13.7 Å². The van der Waals surface area contributed by atoms with E-state index in [4.69, 9.17) is 4.52 Å². The molecule has 0 unspecified atom stereocenters. The van der Waals surface area contributed by atoms with Crippen molar-refractivity contribution >= 4 is 11.7 Å². The number of aryl methyl sites for hydroxylation is 1. The normalized spacial score (nSPS) is 14.4. The van der Waals surface area contributed by atoms with Crippen molar-refractivity contribution in [3.05, 3.63) is 65.8 Å². The standard InChI is InChI=1S/C20H19FN4O2/c1-14-18(19(23-27-14)15-5-4-6-16(21)13-15)20(26)25-11-9-24(10-12-25)17-7-2-3-8-22-17/h2-8,13H,9-12H2,1H3. The maximum absolute atomic E-state index is 13.6. The molecule has 1 aliphatic heterocycles. The van der Waals surface area contributed by atoms with E-state index in [9.17, 15) is 9.18 Å². The summed E-state index contributed by atoms with van der Waals surface area (Å²) >= 11 is 0. The fraction of sp³-hybridized carbons (Fsp3) is 0.250. The Morgan fingerprint density at radius 2 is 1.93 bits per heavy atom. The number of benzene rings is 1. The minimum absolute atomic E-state index is 0.145. The zero-order valence-electron chi connectivity index (χ0n) is 14.9. The largest absolute Gasteiger partial charge is 0.360 e. The summed E-state index contributed by atoms with van der Waals surface area (Å²) in [4.78, 5) is 21.4. The Morgan fingerprint density at radius 3 is 2.63 bits per heavy atom. The van der Waals surface area contributed by atoms with Gasteiger partial charge in [-0.15, -0.1) is 0 Å². The van der Waals surface area contributed by atoms with Crippen LogP contribution in [-0.4, -0.2) is 47.1 Å². The summed E-state index contributed by atoms with van der Waals surface area (Å²) in [6, 6.07) is 11.8. The third-order valence-electron chi connectivity index (χ3n) is 4.71. The molecule has 27 heavy (non-hydrogen) atoms. The van der Waals surface area contributed by atoms with Crippen molar-refractivity contribution in [2.45, 2.75) is 6.92 Å². The third kappa shape index (κ3) is 3.40. The molecular weight excluding hydrogens is 347 g/mol. The van der Waals surface area contributed by atoms with Gasteiger partial charge in [-0.1, -0.05) is 23.4 Å². The smallest absolute Gasteiger partial charge is 0.259 e. The molecule has 1 saturated heterocycles. The highest BCUT2D eigenvalue weighted by molar-refractivity contribution is 6.00. The van der Waals surface area contributed by atoms with Crippen LogP contribution in [0.25, 0.3) is 11.3 Å². The van der Waals surface area contributed by atoms with E-state index in [1.54, 1.807) is 30.2 Å². The van der Waals surface area contributed by atoms with Gasteiger partial charge in [-0.25, -0.2) is 9.37 Å². The molecule has 1 amide bonds. The second-order valence-corrected chi connectivity index (χ2v) is 6.44. The summed E-state index contributed by atoms with van der Waals surface area (Å²) in [5.41, 5.74) is 1.30. The summed E-state index contributed by atoms with van der Waals surface area (Å²) in [6.07, 6.45) is 1.76. The molecule has 1 aliphatic rings. The summed E-state index contributed by atoms with van der Waals surface area (Å²) in [6.45, 7) is 4.24. The van der Waals surface area contributed by atoms with E-state index in [1.165, 1.54) is 12.1 Å². The number of carbonyl (C=O) groups excluding carboxylic acids is 1. The van der Waals surface area contributed by atoms with Crippen molar-refractivity contribution in [3.8, 4) is 11.3 Å². The van der Waals surface area contributed by atoms with Crippen LogP contribution >= 0.6 is 0 Å². The Bertz CT molecular complexity index is 950. The summed E-state index contributed by atoms with van der Waals surface area (Å²) in [5.74, 6) is 0.821. The number of halogens is 1. The van der Waals surface area contributed by atoms with Crippen molar-refractivity contribution in [3.63, 3.8) is 0 Å². The highest BCUT2D eigenvalue weighted by atomic mass is 19.1. The van der Waals surface area contributed by atoms with Gasteiger partial charge < -0.3 is 14.3 Å². The molecule has 3 aromatic rings. The first kappa shape index (κ1) is 17.2. The number of aromatic nitrogens is 2. The minimum atomic E-state index is -0.379. The first-order chi connectivity index (χ1) is 13.1. The van der Waals surface area contributed by atoms with Gasteiger partial charge in [0.05, 0.1) is 0 Å². The fourth-order valence-corrected chi connectivity index (χ4v) is 3.29. The maximum Gasteiger partial charge on any atom is 0.259 e. The Kier molecular flexibility index (Phi) is 4.58. The third-order valence-corrected chi connectivity index (χ3v) is 4.71. The second kappa shape index (κ2) is 7.19. The van der Waals surface area contributed by atoms with E-state index in [-0.39, 0.29) is 11.7 Å². The summed E-state index contributed by atoms with van der Waals surface area (Å²) < 4.78 is 18.8. The maximum atomic E-state index is 13.6. The average molecular weight is 366 g/mol. The second-order valence-electron chi connectivity index (χ2n) is 6.44. The van der Waals surface area contributed by atoms with Gasteiger partial charge in [-0.05, 0) is 31.2 Å². The molecule has 0 atom stereocenters. The van der Waals surface area contributed by atoms with Crippen molar-refractivity contribution in [2.75, 3.05) is 31.1 Å².